The molecule has 2 atom stereocenters. The van der Waals surface area contributed by atoms with E-state index in [2.05, 4.69) is 19.2 Å². The van der Waals surface area contributed by atoms with Crippen LogP contribution in [-0.4, -0.2) is 17.3 Å². The lowest BCUT2D eigenvalue weighted by Crippen LogP contribution is -2.39. The van der Waals surface area contributed by atoms with Crippen LogP contribution >= 0.6 is 23.2 Å². The molecule has 4 heteroatoms. The fraction of sp³-hybridized carbons (Fsp3) is 0.600. The normalized spacial score (nSPS) is 16.4. The van der Waals surface area contributed by atoms with E-state index in [1.807, 2.05) is 19.9 Å². The maximum Gasteiger partial charge on any atom is 0.0746 e. The molecule has 0 amide bonds. The van der Waals surface area contributed by atoms with Gasteiger partial charge in [-0.2, -0.15) is 0 Å². The molecule has 2 nitrogen and oxygen atoms in total. The van der Waals surface area contributed by atoms with Crippen LogP contribution in [0.2, 0.25) is 10.0 Å². The molecule has 0 aliphatic carbocycles. The summed E-state index contributed by atoms with van der Waals surface area (Å²) in [5.74, 6) is 0.460. The van der Waals surface area contributed by atoms with Crippen molar-refractivity contribution in [1.29, 1.82) is 0 Å². The highest BCUT2D eigenvalue weighted by molar-refractivity contribution is 6.33. The van der Waals surface area contributed by atoms with Gasteiger partial charge in [-0.1, -0.05) is 37.0 Å². The van der Waals surface area contributed by atoms with E-state index < -0.39 is 5.60 Å². The lowest BCUT2D eigenvalue weighted by molar-refractivity contribution is 0.0363. The topological polar surface area (TPSA) is 32.3 Å². The van der Waals surface area contributed by atoms with Gasteiger partial charge in [-0.05, 0) is 49.9 Å². The third-order valence-corrected chi connectivity index (χ3v) is 3.64. The lowest BCUT2D eigenvalue weighted by Gasteiger charge is -2.28. The van der Waals surface area contributed by atoms with Crippen molar-refractivity contribution in [2.24, 2.45) is 5.92 Å². The van der Waals surface area contributed by atoms with E-state index in [-0.39, 0.29) is 6.04 Å². The SMILES string of the molecule is CC(C)CC(C)(O)CNC(C)c1cc(Cl)ccc1Cl. The van der Waals surface area contributed by atoms with E-state index >= 15 is 0 Å². The number of rotatable bonds is 6. The first-order valence-electron chi connectivity index (χ1n) is 6.62. The fourth-order valence-electron chi connectivity index (χ4n) is 2.28. The van der Waals surface area contributed by atoms with Gasteiger partial charge in [0, 0.05) is 22.6 Å². The summed E-state index contributed by atoms with van der Waals surface area (Å²) in [6.45, 7) is 8.60. The molecule has 0 saturated carbocycles. The van der Waals surface area contributed by atoms with Gasteiger partial charge in [0.1, 0.15) is 0 Å². The van der Waals surface area contributed by atoms with Crippen LogP contribution in [0.15, 0.2) is 18.2 Å². The highest BCUT2D eigenvalue weighted by Crippen LogP contribution is 2.26. The van der Waals surface area contributed by atoms with E-state index in [9.17, 15) is 5.11 Å². The Bertz CT molecular complexity index is 419. The van der Waals surface area contributed by atoms with Crippen molar-refractivity contribution in [2.75, 3.05) is 6.54 Å². The second-order valence-electron chi connectivity index (χ2n) is 5.86. The van der Waals surface area contributed by atoms with Crippen molar-refractivity contribution in [3.05, 3.63) is 33.8 Å². The first-order valence-corrected chi connectivity index (χ1v) is 7.37. The molecule has 0 aliphatic rings. The minimum absolute atomic E-state index is 0.0461. The van der Waals surface area contributed by atoms with E-state index in [0.717, 1.165) is 12.0 Å². The third kappa shape index (κ3) is 5.70. The first kappa shape index (κ1) is 16.8. The predicted octanol–water partition coefficient (Wildman–Crippen LogP) is 4.44. The first-order chi connectivity index (χ1) is 8.71. The Morgan fingerprint density at radius 2 is 1.89 bits per heavy atom. The smallest absolute Gasteiger partial charge is 0.0746 e. The molecular weight excluding hydrogens is 281 g/mol. The number of aliphatic hydroxyl groups is 1. The number of hydrogen-bond donors (Lipinski definition) is 2. The Hall–Kier alpha value is -0.280. The average Bonchev–Trinajstić information content (AvgIpc) is 2.27. The van der Waals surface area contributed by atoms with Crippen LogP contribution in [0.1, 0.15) is 45.7 Å². The monoisotopic (exact) mass is 303 g/mol. The Morgan fingerprint density at radius 1 is 1.26 bits per heavy atom. The summed E-state index contributed by atoms with van der Waals surface area (Å²) in [6, 6.07) is 5.47. The Kier molecular flexibility index (Phi) is 6.13. The number of nitrogens with one attached hydrogen (secondary N) is 1. The van der Waals surface area contributed by atoms with E-state index in [4.69, 9.17) is 23.2 Å². The van der Waals surface area contributed by atoms with Crippen molar-refractivity contribution >= 4 is 23.2 Å². The summed E-state index contributed by atoms with van der Waals surface area (Å²) >= 11 is 12.1. The minimum atomic E-state index is -0.715. The van der Waals surface area contributed by atoms with E-state index in [1.165, 1.54) is 0 Å². The standard InChI is InChI=1S/C15H23Cl2NO/c1-10(2)8-15(4,19)9-18-11(3)13-7-12(16)5-6-14(13)17/h5-7,10-11,18-19H,8-9H2,1-4H3. The second-order valence-corrected chi connectivity index (χ2v) is 6.71. The molecule has 2 N–H and O–H groups in total. The second kappa shape index (κ2) is 6.94. The molecule has 19 heavy (non-hydrogen) atoms. The lowest BCUT2D eigenvalue weighted by atomic mass is 9.94. The fourth-order valence-corrected chi connectivity index (χ4v) is 2.74. The summed E-state index contributed by atoms with van der Waals surface area (Å²) in [5.41, 5.74) is 0.238. The molecule has 0 fully saturated rings. The summed E-state index contributed by atoms with van der Waals surface area (Å²) in [5, 5.41) is 15.0. The molecule has 0 aliphatic heterocycles. The van der Waals surface area contributed by atoms with Crippen LogP contribution in [-0.2, 0) is 0 Å². The maximum atomic E-state index is 10.3. The minimum Gasteiger partial charge on any atom is -0.389 e. The van der Waals surface area contributed by atoms with Crippen molar-refractivity contribution in [3.63, 3.8) is 0 Å². The molecule has 0 bridgehead atoms. The van der Waals surface area contributed by atoms with Gasteiger partial charge in [-0.15, -0.1) is 0 Å². The van der Waals surface area contributed by atoms with Gasteiger partial charge in [0.2, 0.25) is 0 Å². The van der Waals surface area contributed by atoms with Gasteiger partial charge >= 0.3 is 0 Å². The largest absolute Gasteiger partial charge is 0.389 e. The Morgan fingerprint density at radius 3 is 2.47 bits per heavy atom. The van der Waals surface area contributed by atoms with Crippen LogP contribution in [0, 0.1) is 5.92 Å². The van der Waals surface area contributed by atoms with Gasteiger partial charge in [0.15, 0.2) is 0 Å². The molecule has 0 saturated heterocycles. The van der Waals surface area contributed by atoms with Crippen LogP contribution in [0.5, 0.6) is 0 Å². The van der Waals surface area contributed by atoms with Gasteiger partial charge in [-0.25, -0.2) is 0 Å². The third-order valence-electron chi connectivity index (χ3n) is 3.06. The zero-order chi connectivity index (χ0) is 14.6. The van der Waals surface area contributed by atoms with Crippen molar-refractivity contribution in [2.45, 2.75) is 45.8 Å². The molecule has 1 rings (SSSR count). The summed E-state index contributed by atoms with van der Waals surface area (Å²) in [6.07, 6.45) is 0.760. The molecule has 0 spiro atoms. The van der Waals surface area contributed by atoms with Crippen LogP contribution in [0.25, 0.3) is 0 Å². The van der Waals surface area contributed by atoms with Gasteiger partial charge in [-0.3, -0.25) is 0 Å². The molecule has 108 valence electrons. The van der Waals surface area contributed by atoms with Crippen molar-refractivity contribution < 1.29 is 5.11 Å². The predicted molar refractivity (Wildman–Crippen MR) is 83.0 cm³/mol. The summed E-state index contributed by atoms with van der Waals surface area (Å²) < 4.78 is 0. The quantitative estimate of drug-likeness (QED) is 0.814. The molecule has 2 unspecified atom stereocenters. The van der Waals surface area contributed by atoms with Crippen molar-refractivity contribution in [3.8, 4) is 0 Å². The van der Waals surface area contributed by atoms with Gasteiger partial charge in [0.25, 0.3) is 0 Å². The number of benzene rings is 1. The maximum absolute atomic E-state index is 10.3. The molecular formula is C15H23Cl2NO. The summed E-state index contributed by atoms with van der Waals surface area (Å²) in [7, 11) is 0. The molecule has 1 aromatic carbocycles. The number of hydrogen-bond acceptors (Lipinski definition) is 2. The Labute approximate surface area is 126 Å². The molecule has 0 aromatic heterocycles. The highest BCUT2D eigenvalue weighted by Gasteiger charge is 2.23. The number of halogens is 2. The van der Waals surface area contributed by atoms with Crippen molar-refractivity contribution in [1.82, 2.24) is 5.32 Å². The molecule has 0 radical (unpaired) electrons. The van der Waals surface area contributed by atoms with Crippen LogP contribution in [0.4, 0.5) is 0 Å². The van der Waals surface area contributed by atoms with Crippen LogP contribution in [0.3, 0.4) is 0 Å². The van der Waals surface area contributed by atoms with E-state index in [0.29, 0.717) is 22.5 Å². The Balaban J connectivity index is 2.65. The average molecular weight is 304 g/mol. The summed E-state index contributed by atoms with van der Waals surface area (Å²) in [4.78, 5) is 0. The molecule has 0 heterocycles. The zero-order valence-corrected chi connectivity index (χ0v) is 13.5. The van der Waals surface area contributed by atoms with Crippen LogP contribution < -0.4 is 5.32 Å². The van der Waals surface area contributed by atoms with Gasteiger partial charge < -0.3 is 10.4 Å². The molecule has 1 aromatic rings. The van der Waals surface area contributed by atoms with E-state index in [1.54, 1.807) is 12.1 Å². The highest BCUT2D eigenvalue weighted by atomic mass is 35.5. The zero-order valence-electron chi connectivity index (χ0n) is 12.0. The van der Waals surface area contributed by atoms with Gasteiger partial charge in [0.05, 0.1) is 5.60 Å².